The first-order valence-corrected chi connectivity index (χ1v) is 22.6. The van der Waals surface area contributed by atoms with E-state index in [4.69, 9.17) is 15.2 Å². The van der Waals surface area contributed by atoms with Crippen molar-refractivity contribution in [1.29, 1.82) is 0 Å². The lowest BCUT2D eigenvalue weighted by Gasteiger charge is -2.41. The Kier molecular flexibility index (Phi) is 11.3. The van der Waals surface area contributed by atoms with Crippen LogP contribution in [0.15, 0.2) is 136 Å². The van der Waals surface area contributed by atoms with Crippen molar-refractivity contribution in [2.75, 3.05) is 50.4 Å². The lowest BCUT2D eigenvalue weighted by atomic mass is 9.88. The number of sulfonamides is 1. The van der Waals surface area contributed by atoms with Gasteiger partial charge in [-0.25, -0.2) is 13.1 Å². The molecule has 3 aromatic rings. The standard InChI is InChI=1S/C48H51N7O5S/c1-48-38(15-20-51-48)26-40(30-52-48)60-46-27-39(11-13-42(46)47(56)53-61(57,58)41-12-14-44(43(49)28-41)50-29-33-18-23-59-24-19-33)54-21-16-34(17-22-54)31-55-32-37-10-6-5-9-36(37)25-45(55)35-7-3-2-4-8-35/h3,5-10,12,14-15,20,26-28,30,33-34,45,50-52H,16-19,21-25,29,31-32,49H2,1H3,(H,53,56). The van der Waals surface area contributed by atoms with Crippen molar-refractivity contribution in [3.05, 3.63) is 160 Å². The minimum Gasteiger partial charge on any atom is -0.454 e. The van der Waals surface area contributed by atoms with Gasteiger partial charge in [0.2, 0.25) is 0 Å². The molecule has 9 rings (SSSR count). The molecule has 1 amide bonds. The quantitative estimate of drug-likeness (QED) is 0.113. The molecule has 6 aliphatic rings. The van der Waals surface area contributed by atoms with E-state index in [1.54, 1.807) is 18.3 Å². The summed E-state index contributed by atoms with van der Waals surface area (Å²) in [6.45, 7) is 7.61. The molecule has 5 aliphatic heterocycles. The number of hydrogen-bond donors (Lipinski definition) is 5. The van der Waals surface area contributed by atoms with Crippen molar-refractivity contribution in [2.24, 2.45) is 11.8 Å². The Hall–Kier alpha value is -6.12. The number of dihydropyridines is 1. The van der Waals surface area contributed by atoms with Crippen LogP contribution in [0.1, 0.15) is 55.3 Å². The van der Waals surface area contributed by atoms with Crippen LogP contribution in [0.3, 0.4) is 0 Å². The number of amides is 1. The maximum absolute atomic E-state index is 13.9. The highest BCUT2D eigenvalue weighted by Gasteiger charge is 2.34. The van der Waals surface area contributed by atoms with E-state index in [1.807, 2.05) is 31.3 Å². The van der Waals surface area contributed by atoms with Gasteiger partial charge in [0.05, 0.1) is 22.0 Å². The van der Waals surface area contributed by atoms with E-state index in [9.17, 15) is 13.2 Å². The third-order valence-electron chi connectivity index (χ3n) is 12.6. The highest BCUT2D eigenvalue weighted by Crippen LogP contribution is 2.36. The monoisotopic (exact) mass is 837 g/mol. The van der Waals surface area contributed by atoms with E-state index in [0.717, 1.165) is 82.8 Å². The van der Waals surface area contributed by atoms with Crippen molar-refractivity contribution >= 4 is 27.3 Å². The smallest absolute Gasteiger partial charge is 0.277 e. The molecule has 0 aromatic heterocycles. The highest BCUT2D eigenvalue weighted by molar-refractivity contribution is 7.90. The number of nitrogen functional groups attached to an aromatic ring is 1. The summed E-state index contributed by atoms with van der Waals surface area (Å²) in [6.07, 6.45) is 14.0. The van der Waals surface area contributed by atoms with Crippen LogP contribution in [0.25, 0.3) is 0 Å². The average molecular weight is 838 g/mol. The number of nitrogens with one attached hydrogen (secondary N) is 4. The molecule has 0 bridgehead atoms. The summed E-state index contributed by atoms with van der Waals surface area (Å²) in [5, 5.41) is 9.94. The van der Waals surface area contributed by atoms with Gasteiger partial charge in [-0.15, -0.1) is 0 Å². The van der Waals surface area contributed by atoms with E-state index in [-0.39, 0.29) is 28.0 Å². The van der Waals surface area contributed by atoms with E-state index in [1.165, 1.54) is 28.8 Å². The van der Waals surface area contributed by atoms with Crippen LogP contribution >= 0.6 is 0 Å². The second kappa shape index (κ2) is 17.1. The van der Waals surface area contributed by atoms with Crippen LogP contribution in [0.5, 0.6) is 0 Å². The number of benzene rings is 2. The molecular formula is C48H51N7O5S. The normalized spacial score (nSPS) is 22.8. The molecule has 13 heteroatoms. The summed E-state index contributed by atoms with van der Waals surface area (Å²) in [7, 11) is -4.33. The molecule has 5 heterocycles. The second-order valence-corrected chi connectivity index (χ2v) is 18.4. The summed E-state index contributed by atoms with van der Waals surface area (Å²) in [4.78, 5) is 18.6. The highest BCUT2D eigenvalue weighted by atomic mass is 32.2. The number of allylic oxidation sites excluding steroid dienone is 2. The number of carbonyl (C=O) groups excluding carboxylic acids is 1. The van der Waals surface area contributed by atoms with Gasteiger partial charge in [-0.1, -0.05) is 42.1 Å². The molecular weight excluding hydrogens is 787 g/mol. The number of nitrogens with zero attached hydrogens (tertiary/aromatic N) is 2. The molecule has 2 saturated heterocycles. The zero-order valence-electron chi connectivity index (χ0n) is 34.3. The summed E-state index contributed by atoms with van der Waals surface area (Å²) in [6, 6.07) is 25.8. The molecule has 2 atom stereocenters. The Morgan fingerprint density at radius 2 is 1.82 bits per heavy atom. The number of piperidine rings is 1. The topological polar surface area (TPSA) is 150 Å². The summed E-state index contributed by atoms with van der Waals surface area (Å²) < 4.78 is 41.4. The molecule has 61 heavy (non-hydrogen) atoms. The Morgan fingerprint density at radius 3 is 2.61 bits per heavy atom. The fourth-order valence-electron chi connectivity index (χ4n) is 8.96. The van der Waals surface area contributed by atoms with Crippen LogP contribution in [-0.2, 0) is 37.3 Å². The first-order chi connectivity index (χ1) is 29.6. The maximum atomic E-state index is 13.9. The third kappa shape index (κ3) is 8.87. The average Bonchev–Trinajstić information content (AvgIpc) is 3.67. The molecule has 0 spiro atoms. The number of anilines is 2. The van der Waals surface area contributed by atoms with Gasteiger partial charge in [-0.3, -0.25) is 9.69 Å². The van der Waals surface area contributed by atoms with Gasteiger partial charge >= 0.3 is 0 Å². The lowest BCUT2D eigenvalue weighted by Crippen LogP contribution is -2.50. The van der Waals surface area contributed by atoms with Crippen LogP contribution < -0.4 is 26.4 Å². The van der Waals surface area contributed by atoms with Crippen molar-refractivity contribution < 1.29 is 22.7 Å². The zero-order chi connectivity index (χ0) is 42.0. The van der Waals surface area contributed by atoms with Crippen LogP contribution in [0.2, 0.25) is 0 Å². The number of rotatable bonds is 12. The summed E-state index contributed by atoms with van der Waals surface area (Å²) in [5.41, 5.74) is 18.5. The van der Waals surface area contributed by atoms with Crippen LogP contribution in [0, 0.1) is 24.0 Å². The number of fused-ring (bicyclic) bond motifs is 2. The molecule has 2 unspecified atom stereocenters. The van der Waals surface area contributed by atoms with Gasteiger partial charge in [0.25, 0.3) is 15.9 Å². The molecule has 3 aromatic carbocycles. The minimum absolute atomic E-state index is 0.0927. The Labute approximate surface area is 358 Å². The first-order valence-electron chi connectivity index (χ1n) is 21.1. The molecule has 2 fully saturated rings. The molecule has 0 saturated carbocycles. The molecule has 1 aliphatic carbocycles. The number of nitrogens with two attached hydrogens (primary N) is 1. The van der Waals surface area contributed by atoms with Gasteiger partial charge in [-0.2, -0.15) is 0 Å². The van der Waals surface area contributed by atoms with E-state index < -0.39 is 21.6 Å². The lowest BCUT2D eigenvalue weighted by molar-refractivity contribution is -0.115. The minimum atomic E-state index is -4.33. The summed E-state index contributed by atoms with van der Waals surface area (Å²) >= 11 is 0. The number of hydrogen-bond acceptors (Lipinski definition) is 11. The van der Waals surface area contributed by atoms with Gasteiger partial charge in [0.1, 0.15) is 17.0 Å². The summed E-state index contributed by atoms with van der Waals surface area (Å²) in [5.74, 6) is 0.640. The Bertz CT molecular complexity index is 2520. The van der Waals surface area contributed by atoms with Gasteiger partial charge in [0, 0.05) is 69.8 Å². The molecule has 6 N–H and O–H groups in total. The number of ether oxygens (including phenoxy) is 2. The van der Waals surface area contributed by atoms with Gasteiger partial charge in [0.15, 0.2) is 5.76 Å². The molecule has 12 nitrogen and oxygen atoms in total. The third-order valence-corrected chi connectivity index (χ3v) is 14.0. The van der Waals surface area contributed by atoms with Crippen LogP contribution in [-0.4, -0.2) is 69.2 Å². The number of carbonyl (C=O) groups is 1. The number of likely N-dealkylation sites (tertiary alicyclic amines) is 1. The van der Waals surface area contributed by atoms with Gasteiger partial charge < -0.3 is 36.1 Å². The molecule has 0 radical (unpaired) electrons. The van der Waals surface area contributed by atoms with E-state index in [2.05, 4.69) is 90.5 Å². The van der Waals surface area contributed by atoms with Crippen molar-refractivity contribution in [1.82, 2.24) is 25.2 Å². The second-order valence-electron chi connectivity index (χ2n) is 16.7. The van der Waals surface area contributed by atoms with E-state index in [0.29, 0.717) is 29.8 Å². The van der Waals surface area contributed by atoms with Crippen molar-refractivity contribution in [3.8, 4) is 0 Å². The Morgan fingerprint density at radius 1 is 1.00 bits per heavy atom. The fourth-order valence-corrected chi connectivity index (χ4v) is 9.95. The fraction of sp³-hybridized carbons (Fsp3) is 0.354. The van der Waals surface area contributed by atoms with Crippen molar-refractivity contribution in [3.63, 3.8) is 0 Å². The zero-order valence-corrected chi connectivity index (χ0v) is 35.1. The predicted molar refractivity (Wildman–Crippen MR) is 233 cm³/mol. The molecule has 314 valence electrons. The van der Waals surface area contributed by atoms with Gasteiger partial charge in [-0.05, 0) is 128 Å². The van der Waals surface area contributed by atoms with Crippen molar-refractivity contribution in [2.45, 2.75) is 62.2 Å². The largest absolute Gasteiger partial charge is 0.454 e. The SMILES string of the molecule is CC12NC=CC1=CC(OC1=CC(N3CCC(CN4Cc5ccccc5CC4c4cc#ccc4)CC3)=C=C=C1C(=O)NS(=O)(=O)c1ccc(NCC3CCOCC3)c(N)c1)=CN2. The predicted octanol–water partition coefficient (Wildman–Crippen LogP) is 5.71. The first kappa shape index (κ1) is 40.3. The Balaban J connectivity index is 0.914. The van der Waals surface area contributed by atoms with Crippen LogP contribution in [0.4, 0.5) is 11.4 Å². The van der Waals surface area contributed by atoms with E-state index >= 15 is 0 Å². The maximum Gasteiger partial charge on any atom is 0.277 e.